The van der Waals surface area contributed by atoms with Crippen LogP contribution in [0.3, 0.4) is 0 Å². The van der Waals surface area contributed by atoms with E-state index < -0.39 is 0 Å². The van der Waals surface area contributed by atoms with Gasteiger partial charge in [-0.1, -0.05) is 6.92 Å². The highest BCUT2D eigenvalue weighted by Gasteiger charge is 2.55. The maximum atomic E-state index is 12.3. The molecule has 1 heterocycles. The summed E-state index contributed by atoms with van der Waals surface area (Å²) in [4.78, 5) is 24.5. The summed E-state index contributed by atoms with van der Waals surface area (Å²) in [6.45, 7) is 6.63. The Balaban J connectivity index is 1.31. The minimum atomic E-state index is -0.215. The van der Waals surface area contributed by atoms with Crippen LogP contribution in [0.5, 0.6) is 0 Å². The number of thioether (sulfide) groups is 1. The van der Waals surface area contributed by atoms with Crippen LogP contribution in [0, 0.1) is 11.8 Å². The third-order valence-corrected chi connectivity index (χ3v) is 8.56. The van der Waals surface area contributed by atoms with Gasteiger partial charge in [-0.2, -0.15) is 12.6 Å². The summed E-state index contributed by atoms with van der Waals surface area (Å²) in [6.07, 6.45) is 6.95. The Morgan fingerprint density at radius 1 is 1.12 bits per heavy atom. The number of fused-ring (bicyclic) bond motifs is 1. The van der Waals surface area contributed by atoms with E-state index >= 15 is 0 Å². The van der Waals surface area contributed by atoms with E-state index in [-0.39, 0.29) is 34.6 Å². The van der Waals surface area contributed by atoms with Crippen LogP contribution < -0.4 is 0 Å². The average Bonchev–Trinajstić information content (AvgIpc) is 3.24. The van der Waals surface area contributed by atoms with Crippen molar-refractivity contribution in [2.75, 3.05) is 6.61 Å². The second-order valence-electron chi connectivity index (χ2n) is 8.87. The Hall–Kier alpha value is -0.360. The molecule has 4 atom stereocenters. The molecule has 148 valence electrons. The number of esters is 2. The summed E-state index contributed by atoms with van der Waals surface area (Å²) in [5, 5.41) is 0.642. The van der Waals surface area contributed by atoms with Crippen molar-refractivity contribution >= 4 is 36.3 Å². The maximum Gasteiger partial charge on any atom is 0.309 e. The zero-order valence-electron chi connectivity index (χ0n) is 16.2. The molecule has 1 saturated heterocycles. The summed E-state index contributed by atoms with van der Waals surface area (Å²) >= 11 is 6.62. The summed E-state index contributed by atoms with van der Waals surface area (Å²) in [5.41, 5.74) is 0. The molecule has 0 aromatic rings. The van der Waals surface area contributed by atoms with Gasteiger partial charge in [-0.05, 0) is 58.8 Å². The van der Waals surface area contributed by atoms with Gasteiger partial charge in [-0.15, -0.1) is 11.8 Å². The molecule has 6 heteroatoms. The van der Waals surface area contributed by atoms with Gasteiger partial charge in [-0.25, -0.2) is 0 Å². The van der Waals surface area contributed by atoms with Crippen LogP contribution in [0.4, 0.5) is 0 Å². The van der Waals surface area contributed by atoms with Crippen LogP contribution >= 0.6 is 24.4 Å². The van der Waals surface area contributed by atoms with Gasteiger partial charge in [0.25, 0.3) is 0 Å². The predicted octanol–water partition coefficient (Wildman–Crippen LogP) is 4.40. The van der Waals surface area contributed by atoms with Crippen molar-refractivity contribution in [2.24, 2.45) is 11.8 Å². The molecule has 3 aliphatic rings. The number of carbonyl (C=O) groups is 2. The van der Waals surface area contributed by atoms with Gasteiger partial charge in [0.2, 0.25) is 0 Å². The Kier molecular flexibility index (Phi) is 6.22. The van der Waals surface area contributed by atoms with E-state index in [9.17, 15) is 9.59 Å². The smallest absolute Gasteiger partial charge is 0.309 e. The number of rotatable bonds is 6. The number of hydrogen-bond acceptors (Lipinski definition) is 6. The van der Waals surface area contributed by atoms with Gasteiger partial charge in [0, 0.05) is 21.2 Å². The van der Waals surface area contributed by atoms with Gasteiger partial charge < -0.3 is 9.47 Å². The Labute approximate surface area is 166 Å². The van der Waals surface area contributed by atoms with E-state index in [4.69, 9.17) is 9.47 Å². The minimum absolute atomic E-state index is 0.00665. The zero-order chi connectivity index (χ0) is 18.9. The number of thiol groups is 1. The first kappa shape index (κ1) is 20.4. The molecule has 3 fully saturated rings. The van der Waals surface area contributed by atoms with Crippen molar-refractivity contribution < 1.29 is 19.1 Å². The molecule has 26 heavy (non-hydrogen) atoms. The van der Waals surface area contributed by atoms with Crippen molar-refractivity contribution in [1.29, 1.82) is 0 Å². The SMILES string of the molecule is CC(CCOC(=O)C1CCC2(C)SC2C1)OC(=O)C1CCC(C)(S)CC1. The van der Waals surface area contributed by atoms with Crippen LogP contribution in [-0.2, 0) is 19.1 Å². The fraction of sp³-hybridized carbons (Fsp3) is 0.900. The average molecular weight is 401 g/mol. The molecular formula is C20H32O4S2. The summed E-state index contributed by atoms with van der Waals surface area (Å²) in [6, 6.07) is 0. The first-order valence-electron chi connectivity index (χ1n) is 9.96. The second kappa shape index (κ2) is 7.94. The van der Waals surface area contributed by atoms with Gasteiger partial charge in [0.05, 0.1) is 18.4 Å². The molecule has 0 aromatic carbocycles. The highest BCUT2D eigenvalue weighted by molar-refractivity contribution is 8.08. The summed E-state index contributed by atoms with van der Waals surface area (Å²) in [5.74, 6) is -0.130. The molecule has 4 nitrogen and oxygen atoms in total. The molecule has 0 bridgehead atoms. The van der Waals surface area contributed by atoms with E-state index in [0.717, 1.165) is 44.9 Å². The lowest BCUT2D eigenvalue weighted by Crippen LogP contribution is -2.32. The molecule has 0 N–H and O–H groups in total. The van der Waals surface area contributed by atoms with Gasteiger partial charge in [0.1, 0.15) is 6.10 Å². The zero-order valence-corrected chi connectivity index (χ0v) is 17.9. The van der Waals surface area contributed by atoms with E-state index in [1.807, 2.05) is 18.7 Å². The third-order valence-electron chi connectivity index (χ3n) is 6.34. The number of carbonyl (C=O) groups excluding carboxylic acids is 2. The lowest BCUT2D eigenvalue weighted by Gasteiger charge is -2.32. The third kappa shape index (κ3) is 5.12. The van der Waals surface area contributed by atoms with Crippen LogP contribution in [0.1, 0.15) is 72.1 Å². The minimum Gasteiger partial charge on any atom is -0.465 e. The largest absolute Gasteiger partial charge is 0.465 e. The fourth-order valence-corrected chi connectivity index (χ4v) is 5.75. The highest BCUT2D eigenvalue weighted by Crippen LogP contribution is 2.62. The van der Waals surface area contributed by atoms with Crippen LogP contribution in [-0.4, -0.2) is 39.4 Å². The monoisotopic (exact) mass is 400 g/mol. The lowest BCUT2D eigenvalue weighted by atomic mass is 9.82. The van der Waals surface area contributed by atoms with Crippen LogP contribution in [0.15, 0.2) is 0 Å². The Bertz CT molecular complexity index is 540. The molecule has 0 spiro atoms. The van der Waals surface area contributed by atoms with Gasteiger partial charge >= 0.3 is 11.9 Å². The van der Waals surface area contributed by atoms with Crippen molar-refractivity contribution in [3.05, 3.63) is 0 Å². The molecule has 2 saturated carbocycles. The first-order chi connectivity index (χ1) is 12.2. The molecule has 0 radical (unpaired) electrons. The highest BCUT2D eigenvalue weighted by atomic mass is 32.2. The summed E-state index contributed by atoms with van der Waals surface area (Å²) < 4.78 is 11.5. The van der Waals surface area contributed by atoms with E-state index in [1.165, 1.54) is 0 Å². The van der Waals surface area contributed by atoms with Crippen molar-refractivity contribution in [3.63, 3.8) is 0 Å². The second-order valence-corrected chi connectivity index (χ2v) is 11.7. The predicted molar refractivity (Wildman–Crippen MR) is 108 cm³/mol. The normalized spacial score (nSPS) is 40.2. The molecule has 1 aliphatic heterocycles. The van der Waals surface area contributed by atoms with E-state index in [1.54, 1.807) is 0 Å². The summed E-state index contributed by atoms with van der Waals surface area (Å²) in [7, 11) is 0. The number of hydrogen-bond donors (Lipinski definition) is 1. The fourth-order valence-electron chi connectivity index (χ4n) is 4.13. The molecule has 2 aliphatic carbocycles. The molecule has 4 unspecified atom stereocenters. The topological polar surface area (TPSA) is 52.6 Å². The van der Waals surface area contributed by atoms with Gasteiger partial charge in [-0.3, -0.25) is 9.59 Å². The lowest BCUT2D eigenvalue weighted by molar-refractivity contribution is -0.156. The molecular weight excluding hydrogens is 368 g/mol. The van der Waals surface area contributed by atoms with E-state index in [0.29, 0.717) is 23.0 Å². The van der Waals surface area contributed by atoms with E-state index in [2.05, 4.69) is 26.5 Å². The Morgan fingerprint density at radius 2 is 1.77 bits per heavy atom. The van der Waals surface area contributed by atoms with Crippen molar-refractivity contribution in [3.8, 4) is 0 Å². The quantitative estimate of drug-likeness (QED) is 0.407. The first-order valence-corrected chi connectivity index (χ1v) is 11.3. The molecule has 0 aromatic heterocycles. The van der Waals surface area contributed by atoms with Crippen molar-refractivity contribution in [2.45, 2.75) is 93.0 Å². The number of ether oxygens (including phenoxy) is 2. The standard InChI is InChI=1S/C20H32O4S2/c1-13(24-18(22)14-4-8-19(2,25)9-5-14)7-11-23-17(21)15-6-10-20(3)16(12-15)26-20/h13-16,25H,4-12H2,1-3H3. The van der Waals surface area contributed by atoms with Crippen molar-refractivity contribution in [1.82, 2.24) is 0 Å². The molecule has 3 rings (SSSR count). The van der Waals surface area contributed by atoms with Crippen LogP contribution in [0.25, 0.3) is 0 Å². The Morgan fingerprint density at radius 3 is 2.42 bits per heavy atom. The molecule has 0 amide bonds. The maximum absolute atomic E-state index is 12.3. The van der Waals surface area contributed by atoms with Gasteiger partial charge in [0.15, 0.2) is 0 Å². The van der Waals surface area contributed by atoms with Crippen LogP contribution in [0.2, 0.25) is 0 Å².